The molecule has 0 aliphatic carbocycles. The summed E-state index contributed by atoms with van der Waals surface area (Å²) in [5.41, 5.74) is 42.1. The summed E-state index contributed by atoms with van der Waals surface area (Å²) in [7, 11) is -12.3. The fraction of sp³-hybridized carbons (Fsp3) is 0.362. The van der Waals surface area contributed by atoms with Crippen LogP contribution in [0, 0.1) is 0 Å². The van der Waals surface area contributed by atoms with Crippen molar-refractivity contribution in [1.29, 1.82) is 0 Å². The van der Waals surface area contributed by atoms with E-state index in [0.29, 0.717) is 47.0 Å². The van der Waals surface area contributed by atoms with Crippen LogP contribution in [0.15, 0.2) is 146 Å². The normalized spacial score (nSPS) is 11.5. The van der Waals surface area contributed by atoms with E-state index in [2.05, 4.69) is 89.7 Å². The Morgan fingerprint density at radius 1 is 0.351 bits per heavy atom. The fourth-order valence-electron chi connectivity index (χ4n) is 8.17. The maximum absolute atomic E-state index is 12.8. The smallest absolute Gasteiger partial charge is 0.254 e. The molecule has 0 spiro atoms. The number of carbonyl (C=O) groups is 1. The molecule has 77 heavy (non-hydrogen) atoms. The quantitative estimate of drug-likeness (QED) is 0.0291. The van der Waals surface area contributed by atoms with Crippen molar-refractivity contribution in [1.82, 2.24) is 0 Å². The van der Waals surface area contributed by atoms with Gasteiger partial charge in [-0.3, -0.25) is 4.79 Å². The maximum atomic E-state index is 12.8. The third-order valence-corrected chi connectivity index (χ3v) is 30.4. The Kier molecular flexibility index (Phi) is 28.8. The van der Waals surface area contributed by atoms with Crippen LogP contribution in [-0.4, -0.2) is 74.0 Å². The summed E-state index contributed by atoms with van der Waals surface area (Å²) >= 11 is 0. The Morgan fingerprint density at radius 2 is 0.649 bits per heavy atom. The molecule has 0 bridgehead atoms. The number of nitrogen functional groups attached to an aromatic ring is 6. The van der Waals surface area contributed by atoms with E-state index in [1.54, 1.807) is 36.4 Å². The Balaban J connectivity index is 0.00000110. The van der Waals surface area contributed by atoms with Crippen LogP contribution in [0.1, 0.15) is 51.2 Å². The largest absolute Gasteiger partial charge is 0.494 e. The summed E-state index contributed by atoms with van der Waals surface area (Å²) in [5, 5.41) is 0.0700. The van der Waals surface area contributed by atoms with Crippen LogP contribution in [0.2, 0.25) is 78.6 Å². The van der Waals surface area contributed by atoms with Crippen LogP contribution in [0.25, 0.3) is 0 Å². The molecule has 0 radical (unpaired) electrons. The van der Waals surface area contributed by atoms with Crippen LogP contribution < -0.4 is 48.6 Å². The summed E-state index contributed by atoms with van der Waals surface area (Å²) in [6.45, 7) is 25.9. The van der Waals surface area contributed by atoms with Gasteiger partial charge < -0.3 is 61.0 Å². The van der Waals surface area contributed by atoms with E-state index in [-0.39, 0.29) is 35.1 Å². The van der Waals surface area contributed by atoms with E-state index in [4.69, 9.17) is 61.0 Å². The van der Waals surface area contributed by atoms with E-state index in [9.17, 15) is 4.79 Å². The maximum Gasteiger partial charge on any atom is 0.254 e. The highest BCUT2D eigenvalue weighted by Crippen LogP contribution is 2.26. The molecule has 0 saturated heterocycles. The molecule has 0 fully saturated rings. The van der Waals surface area contributed by atoms with Crippen LogP contribution in [0.5, 0.6) is 17.2 Å². The second-order valence-corrected chi connectivity index (χ2v) is 47.1. The lowest BCUT2D eigenvalue weighted by Gasteiger charge is -2.34. The second-order valence-electron chi connectivity index (χ2n) is 22.0. The highest BCUT2D eigenvalue weighted by atomic mass is 28.4. The molecule has 0 unspecified atom stereocenters. The van der Waals surface area contributed by atoms with Gasteiger partial charge in [0.2, 0.25) is 25.0 Å². The Hall–Kier alpha value is -5.63. The monoisotopic (exact) mass is 1160 g/mol. The van der Waals surface area contributed by atoms with Crippen molar-refractivity contribution < 1.29 is 31.4 Å². The zero-order chi connectivity index (χ0) is 54.3. The lowest BCUT2D eigenvalue weighted by Crippen LogP contribution is -2.53. The number of carbonyl (C=O) groups excluding carboxylic acids is 1. The molecule has 0 aliphatic heterocycles. The number of hydrogen-bond acceptors (Lipinski definition) is 13. The van der Waals surface area contributed by atoms with Crippen LogP contribution in [0.4, 0.5) is 34.1 Å². The SMILES string of the molecule is C.C.C.C.C[Si](C)(COc1ccc(N)cc1)O[Si](C)(C)C(=O)c1ccc(N)cc1.C[Si](C)(COc1cccc(N)c1)O[Si](C)(C)COc1cccc(N)c1.C[Si](C)(Cc1ccc(N)cc1)O[Si](C)(C)Cc1ccc(N)cc1. The highest BCUT2D eigenvalue weighted by Gasteiger charge is 2.40. The van der Waals surface area contributed by atoms with Crippen molar-refractivity contribution in [3.05, 3.63) is 162 Å². The molecular formula is C58H98N6O7Si6. The van der Waals surface area contributed by atoms with Gasteiger partial charge in [-0.15, -0.1) is 0 Å². The van der Waals surface area contributed by atoms with Crippen molar-refractivity contribution in [2.24, 2.45) is 0 Å². The molecule has 19 heteroatoms. The molecule has 0 saturated carbocycles. The van der Waals surface area contributed by atoms with Crippen molar-refractivity contribution >= 4 is 89.4 Å². The van der Waals surface area contributed by atoms with Crippen molar-refractivity contribution in [3.8, 4) is 17.2 Å². The van der Waals surface area contributed by atoms with E-state index in [0.717, 1.165) is 40.7 Å². The molecule has 6 rings (SSSR count). The van der Waals surface area contributed by atoms with E-state index < -0.39 is 49.9 Å². The first kappa shape index (κ1) is 71.4. The third kappa shape index (κ3) is 27.0. The number of hydrogen-bond donors (Lipinski definition) is 6. The van der Waals surface area contributed by atoms with Crippen LogP contribution in [0.3, 0.4) is 0 Å². The van der Waals surface area contributed by atoms with E-state index in [1.807, 2.05) is 98.0 Å². The molecule has 0 atom stereocenters. The van der Waals surface area contributed by atoms with Crippen molar-refractivity contribution in [2.45, 2.75) is 120 Å². The number of nitrogens with two attached hydrogens (primary N) is 6. The number of anilines is 6. The lowest BCUT2D eigenvalue weighted by molar-refractivity contribution is 0.105. The third-order valence-electron chi connectivity index (χ3n) is 10.9. The molecule has 0 amide bonds. The Bertz CT molecular complexity index is 2540. The Labute approximate surface area is 471 Å². The van der Waals surface area contributed by atoms with Gasteiger partial charge in [0.25, 0.3) is 8.32 Å². The average molecular weight is 1160 g/mol. The predicted molar refractivity (Wildman–Crippen MR) is 348 cm³/mol. The summed E-state index contributed by atoms with van der Waals surface area (Å²) in [6, 6.07) is 47.6. The van der Waals surface area contributed by atoms with E-state index >= 15 is 0 Å². The molecule has 6 aromatic rings. The molecule has 0 aliphatic rings. The van der Waals surface area contributed by atoms with Gasteiger partial charge in [-0.1, -0.05) is 66.1 Å². The number of rotatable bonds is 21. The molecule has 12 N–H and O–H groups in total. The fourth-order valence-corrected chi connectivity index (χ4v) is 32.2. The first-order chi connectivity index (χ1) is 33.9. The zero-order valence-electron chi connectivity index (χ0n) is 45.2. The first-order valence-electron chi connectivity index (χ1n) is 24.5. The average Bonchev–Trinajstić information content (AvgIpc) is 3.28. The number of ether oxygens (including phenoxy) is 3. The molecular weight excluding hydrogens is 1060 g/mol. The van der Waals surface area contributed by atoms with Gasteiger partial charge in [0.1, 0.15) is 35.9 Å². The highest BCUT2D eigenvalue weighted by molar-refractivity contribution is 7.06. The van der Waals surface area contributed by atoms with Gasteiger partial charge in [-0.25, -0.2) is 0 Å². The van der Waals surface area contributed by atoms with Gasteiger partial charge in [0, 0.05) is 51.8 Å². The van der Waals surface area contributed by atoms with Gasteiger partial charge in [-0.2, -0.15) is 0 Å². The molecule has 6 aromatic carbocycles. The van der Waals surface area contributed by atoms with Gasteiger partial charge in [0.05, 0.1) is 0 Å². The summed E-state index contributed by atoms with van der Waals surface area (Å²) in [5.74, 6) is 2.31. The minimum Gasteiger partial charge on any atom is -0.494 e. The predicted octanol–water partition coefficient (Wildman–Crippen LogP) is 14.1. The van der Waals surface area contributed by atoms with Crippen molar-refractivity contribution in [3.63, 3.8) is 0 Å². The first-order valence-corrected chi connectivity index (χ1v) is 43.0. The topological polar surface area (TPSA) is 229 Å². The minimum absolute atomic E-state index is 0. The van der Waals surface area contributed by atoms with E-state index in [1.165, 1.54) is 11.1 Å². The molecule has 426 valence electrons. The molecule has 13 nitrogen and oxygen atoms in total. The molecule has 0 heterocycles. The summed E-state index contributed by atoms with van der Waals surface area (Å²) in [4.78, 5) is 12.8. The molecule has 0 aromatic heterocycles. The van der Waals surface area contributed by atoms with Gasteiger partial charge in [0.15, 0.2) is 22.0 Å². The zero-order valence-corrected chi connectivity index (χ0v) is 51.2. The number of benzene rings is 6. The lowest BCUT2D eigenvalue weighted by atomic mass is 10.2. The van der Waals surface area contributed by atoms with Gasteiger partial charge in [-0.05, 0) is 199 Å². The standard InChI is InChI=1S/C18H26N2O3Si2.C18H28N2O3Si2.C18H28N2OSi2.4CH4/c1-24(2,13-22-17-11-9-16(20)10-12-17)23-25(3,4)18(21)14-5-7-15(19)8-6-14;1-24(2,13-21-17-9-5-7-15(19)11-17)23-25(3,4)14-22-18-10-6-8-16(20)12-18;1-22(2,13-15-5-9-17(19)10-6-15)21-23(3,4)14-16-7-11-18(20)12-8-16;;;;/h5-12H,13,19-20H2,1-4H3;5-12H,13-14,19-20H2,1-4H3;5-12H,13-14,19-20H2,1-4H3;4*1H4. The summed E-state index contributed by atoms with van der Waals surface area (Å²) in [6.07, 6.45) is 1.62. The Morgan fingerprint density at radius 3 is 1.00 bits per heavy atom. The van der Waals surface area contributed by atoms with Crippen LogP contribution >= 0.6 is 0 Å². The van der Waals surface area contributed by atoms with Crippen LogP contribution in [-0.2, 0) is 24.4 Å². The van der Waals surface area contributed by atoms with Crippen molar-refractivity contribution in [2.75, 3.05) is 53.1 Å². The minimum atomic E-state index is -2.57. The summed E-state index contributed by atoms with van der Waals surface area (Å²) < 4.78 is 37.2. The van der Waals surface area contributed by atoms with Gasteiger partial charge >= 0.3 is 0 Å². The second kappa shape index (κ2) is 31.1.